The second-order valence-electron chi connectivity index (χ2n) is 4.40. The van der Waals surface area contributed by atoms with Crippen molar-refractivity contribution >= 4 is 5.96 Å². The van der Waals surface area contributed by atoms with Gasteiger partial charge in [0.05, 0.1) is 13.2 Å². The summed E-state index contributed by atoms with van der Waals surface area (Å²) >= 11 is 0. The smallest absolute Gasteiger partial charge is 0.188 e. The number of nitrogens with two attached hydrogens (primary N) is 1. The fourth-order valence-electron chi connectivity index (χ4n) is 1.48. The van der Waals surface area contributed by atoms with Crippen molar-refractivity contribution in [3.8, 4) is 0 Å². The highest BCUT2D eigenvalue weighted by molar-refractivity contribution is 5.77. The van der Waals surface area contributed by atoms with E-state index in [1.165, 1.54) is 24.3 Å². The number of methoxy groups -OCH3 is 1. The molecular formula is C13H20FN3O2. The number of halogens is 1. The number of aliphatic hydroxyl groups is 1. The van der Waals surface area contributed by atoms with Crippen LogP contribution in [-0.4, -0.2) is 37.9 Å². The van der Waals surface area contributed by atoms with E-state index in [4.69, 9.17) is 10.5 Å². The maximum atomic E-state index is 12.8. The van der Waals surface area contributed by atoms with E-state index in [9.17, 15) is 9.50 Å². The Morgan fingerprint density at radius 1 is 1.47 bits per heavy atom. The molecule has 106 valence electrons. The molecule has 0 saturated carbocycles. The molecule has 1 unspecified atom stereocenters. The summed E-state index contributed by atoms with van der Waals surface area (Å²) in [6.45, 7) is 2.76. The minimum Gasteiger partial charge on any atom is -0.384 e. The lowest BCUT2D eigenvalue weighted by molar-refractivity contribution is 0.0672. The Balaban J connectivity index is 2.58. The molecule has 1 atom stereocenters. The molecule has 0 saturated heterocycles. The lowest BCUT2D eigenvalue weighted by Gasteiger charge is -2.22. The summed E-state index contributed by atoms with van der Waals surface area (Å²) in [5.41, 5.74) is 5.03. The predicted octanol–water partition coefficient (Wildman–Crippen LogP) is 0.584. The van der Waals surface area contributed by atoms with Crippen molar-refractivity contribution in [1.29, 1.82) is 0 Å². The van der Waals surface area contributed by atoms with Gasteiger partial charge in [-0.15, -0.1) is 0 Å². The summed E-state index contributed by atoms with van der Waals surface area (Å²) in [5, 5.41) is 13.1. The first-order valence-electron chi connectivity index (χ1n) is 5.97. The van der Waals surface area contributed by atoms with Crippen LogP contribution in [0.15, 0.2) is 29.3 Å². The van der Waals surface area contributed by atoms with Gasteiger partial charge in [0.2, 0.25) is 0 Å². The van der Waals surface area contributed by atoms with Crippen LogP contribution in [0.4, 0.5) is 4.39 Å². The molecule has 19 heavy (non-hydrogen) atoms. The van der Waals surface area contributed by atoms with Gasteiger partial charge < -0.3 is 20.9 Å². The van der Waals surface area contributed by atoms with Gasteiger partial charge in [0.25, 0.3) is 0 Å². The van der Waals surface area contributed by atoms with Crippen molar-refractivity contribution in [1.82, 2.24) is 5.32 Å². The highest BCUT2D eigenvalue weighted by Crippen LogP contribution is 2.20. The Hall–Kier alpha value is -1.66. The molecule has 1 rings (SSSR count). The number of benzene rings is 1. The second kappa shape index (κ2) is 7.06. The number of nitrogens with one attached hydrogen (secondary N) is 1. The van der Waals surface area contributed by atoms with Crippen LogP contribution in [0.1, 0.15) is 12.5 Å². The number of guanidine groups is 1. The highest BCUT2D eigenvalue weighted by atomic mass is 19.1. The quantitative estimate of drug-likeness (QED) is 0.401. The number of hydrogen-bond acceptors (Lipinski definition) is 3. The lowest BCUT2D eigenvalue weighted by atomic mass is 9.96. The average Bonchev–Trinajstić information content (AvgIpc) is 2.37. The summed E-state index contributed by atoms with van der Waals surface area (Å²) in [6, 6.07) is 5.65. The molecule has 1 aromatic carbocycles. The van der Waals surface area contributed by atoms with E-state index in [1.54, 1.807) is 14.0 Å². The predicted molar refractivity (Wildman–Crippen MR) is 72.3 cm³/mol. The van der Waals surface area contributed by atoms with Crippen LogP contribution in [0.5, 0.6) is 0 Å². The molecule has 0 spiro atoms. The number of aliphatic imine (C=N–C) groups is 1. The van der Waals surface area contributed by atoms with E-state index in [0.29, 0.717) is 18.7 Å². The van der Waals surface area contributed by atoms with Crippen molar-refractivity contribution in [3.05, 3.63) is 35.6 Å². The molecule has 1 aromatic rings. The van der Waals surface area contributed by atoms with Gasteiger partial charge in [-0.25, -0.2) is 4.39 Å². The molecule has 0 radical (unpaired) electrons. The fraction of sp³-hybridized carbons (Fsp3) is 0.462. The van der Waals surface area contributed by atoms with Gasteiger partial charge in [-0.1, -0.05) is 12.1 Å². The molecule has 4 N–H and O–H groups in total. The van der Waals surface area contributed by atoms with Gasteiger partial charge >= 0.3 is 0 Å². The Kier molecular flexibility index (Phi) is 5.72. The van der Waals surface area contributed by atoms with Crippen LogP contribution >= 0.6 is 0 Å². The minimum absolute atomic E-state index is 0.0877. The van der Waals surface area contributed by atoms with E-state index in [1.807, 2.05) is 0 Å². The van der Waals surface area contributed by atoms with E-state index >= 15 is 0 Å². The monoisotopic (exact) mass is 269 g/mol. The molecule has 0 fully saturated rings. The van der Waals surface area contributed by atoms with Gasteiger partial charge in [-0.2, -0.15) is 0 Å². The number of ether oxygens (including phenoxy) is 1. The fourth-order valence-corrected chi connectivity index (χ4v) is 1.48. The SMILES string of the molecule is COCCNC(N)=NCC(C)(O)c1ccc(F)cc1. The molecule has 0 bridgehead atoms. The third-order valence-electron chi connectivity index (χ3n) is 2.64. The van der Waals surface area contributed by atoms with E-state index in [0.717, 1.165) is 0 Å². The van der Waals surface area contributed by atoms with Crippen LogP contribution in [0.25, 0.3) is 0 Å². The summed E-state index contributed by atoms with van der Waals surface area (Å²) in [6.07, 6.45) is 0. The Morgan fingerprint density at radius 2 is 2.11 bits per heavy atom. The topological polar surface area (TPSA) is 79.9 Å². The van der Waals surface area contributed by atoms with Gasteiger partial charge in [0.15, 0.2) is 5.96 Å². The maximum absolute atomic E-state index is 12.8. The zero-order chi connectivity index (χ0) is 14.3. The first-order chi connectivity index (χ1) is 8.95. The summed E-state index contributed by atoms with van der Waals surface area (Å²) in [4.78, 5) is 4.05. The Bertz CT molecular complexity index is 418. The zero-order valence-electron chi connectivity index (χ0n) is 11.2. The largest absolute Gasteiger partial charge is 0.384 e. The summed E-state index contributed by atoms with van der Waals surface area (Å²) in [7, 11) is 1.59. The van der Waals surface area contributed by atoms with Crippen molar-refractivity contribution in [2.75, 3.05) is 26.8 Å². The second-order valence-corrected chi connectivity index (χ2v) is 4.40. The Morgan fingerprint density at radius 3 is 2.68 bits per heavy atom. The Labute approximate surface area is 112 Å². The molecule has 5 nitrogen and oxygen atoms in total. The normalized spacial score (nSPS) is 15.1. The molecule has 0 aliphatic rings. The highest BCUT2D eigenvalue weighted by Gasteiger charge is 2.22. The maximum Gasteiger partial charge on any atom is 0.188 e. The molecule has 6 heteroatoms. The van der Waals surface area contributed by atoms with E-state index in [-0.39, 0.29) is 18.3 Å². The number of rotatable bonds is 6. The molecular weight excluding hydrogens is 249 g/mol. The number of hydrogen-bond donors (Lipinski definition) is 3. The van der Waals surface area contributed by atoms with Gasteiger partial charge in [0, 0.05) is 13.7 Å². The van der Waals surface area contributed by atoms with Gasteiger partial charge in [-0.05, 0) is 24.6 Å². The van der Waals surface area contributed by atoms with E-state index < -0.39 is 5.60 Å². The van der Waals surface area contributed by atoms with Crippen molar-refractivity contribution < 1.29 is 14.2 Å². The standard InChI is InChI=1S/C13H20FN3O2/c1-13(18,10-3-5-11(14)6-4-10)9-17-12(15)16-7-8-19-2/h3-6,18H,7-9H2,1-2H3,(H3,15,16,17). The van der Waals surface area contributed by atoms with Crippen LogP contribution in [-0.2, 0) is 10.3 Å². The minimum atomic E-state index is -1.19. The molecule has 0 amide bonds. The zero-order valence-corrected chi connectivity index (χ0v) is 11.2. The van der Waals surface area contributed by atoms with Crippen LogP contribution in [0.2, 0.25) is 0 Å². The van der Waals surface area contributed by atoms with Crippen molar-refractivity contribution in [3.63, 3.8) is 0 Å². The third kappa shape index (κ3) is 5.23. The number of nitrogens with zero attached hydrogens (tertiary/aromatic N) is 1. The van der Waals surface area contributed by atoms with Crippen LogP contribution < -0.4 is 11.1 Å². The van der Waals surface area contributed by atoms with Crippen molar-refractivity contribution in [2.45, 2.75) is 12.5 Å². The van der Waals surface area contributed by atoms with Crippen molar-refractivity contribution in [2.24, 2.45) is 10.7 Å². The van der Waals surface area contributed by atoms with E-state index in [2.05, 4.69) is 10.3 Å². The van der Waals surface area contributed by atoms with Gasteiger partial charge in [-0.3, -0.25) is 4.99 Å². The molecule has 0 aliphatic heterocycles. The molecule has 0 heterocycles. The average molecular weight is 269 g/mol. The van der Waals surface area contributed by atoms with Crippen LogP contribution in [0.3, 0.4) is 0 Å². The summed E-state index contributed by atoms with van der Waals surface area (Å²) < 4.78 is 17.7. The lowest BCUT2D eigenvalue weighted by Crippen LogP contribution is -2.36. The molecule has 0 aliphatic carbocycles. The van der Waals surface area contributed by atoms with Gasteiger partial charge in [0.1, 0.15) is 11.4 Å². The molecule has 0 aromatic heterocycles. The third-order valence-corrected chi connectivity index (χ3v) is 2.64. The first kappa shape index (κ1) is 15.4. The summed E-state index contributed by atoms with van der Waals surface area (Å²) in [5.74, 6) is -0.108. The first-order valence-corrected chi connectivity index (χ1v) is 5.97. The van der Waals surface area contributed by atoms with Crippen LogP contribution in [0, 0.1) is 5.82 Å².